The van der Waals surface area contributed by atoms with Crippen LogP contribution >= 0.6 is 11.3 Å². The summed E-state index contributed by atoms with van der Waals surface area (Å²) in [4.78, 5) is 45.4. The molecule has 0 atom stereocenters. The van der Waals surface area contributed by atoms with Gasteiger partial charge in [0, 0.05) is 31.4 Å². The maximum Gasteiger partial charge on any atom is 0.332 e. The number of nitrogens with one attached hydrogen (secondary N) is 1. The molecule has 0 aliphatic carbocycles. The molecule has 8 nitrogen and oxygen atoms in total. The molecule has 0 radical (unpaired) electrons. The van der Waals surface area contributed by atoms with E-state index < -0.39 is 17.2 Å². The molecule has 0 aliphatic heterocycles. The molecular formula is C14H13N5O3S. The van der Waals surface area contributed by atoms with E-state index in [9.17, 15) is 14.4 Å². The van der Waals surface area contributed by atoms with Gasteiger partial charge in [0.15, 0.2) is 5.13 Å². The number of amides is 1. The van der Waals surface area contributed by atoms with Crippen molar-refractivity contribution in [3.05, 3.63) is 49.7 Å². The molecule has 0 aliphatic rings. The fourth-order valence-electron chi connectivity index (χ4n) is 2.17. The van der Waals surface area contributed by atoms with Gasteiger partial charge in [-0.3, -0.25) is 24.0 Å². The van der Waals surface area contributed by atoms with E-state index in [0.717, 1.165) is 9.44 Å². The zero-order valence-corrected chi connectivity index (χ0v) is 13.5. The number of aryl methyl sites for hydroxylation is 2. The third-order valence-corrected chi connectivity index (χ3v) is 4.23. The molecule has 3 rings (SSSR count). The Hall–Kier alpha value is -2.81. The van der Waals surface area contributed by atoms with Crippen LogP contribution in [0.3, 0.4) is 0 Å². The summed E-state index contributed by atoms with van der Waals surface area (Å²) >= 11 is 1.35. The van der Waals surface area contributed by atoms with Crippen molar-refractivity contribution in [3.8, 4) is 0 Å². The highest BCUT2D eigenvalue weighted by Crippen LogP contribution is 2.17. The molecule has 23 heavy (non-hydrogen) atoms. The molecule has 9 heteroatoms. The number of thiazole rings is 1. The third kappa shape index (κ3) is 2.55. The maximum absolute atomic E-state index is 12.3. The number of hydrogen-bond acceptors (Lipinski definition) is 6. The molecule has 118 valence electrons. The lowest BCUT2D eigenvalue weighted by Gasteiger charge is -2.07. The number of rotatable bonds is 2. The number of hydrogen-bond donors (Lipinski definition) is 1. The fraction of sp³-hybridized carbons (Fsp3) is 0.214. The summed E-state index contributed by atoms with van der Waals surface area (Å²) in [7, 11) is 2.91. The number of anilines is 1. The van der Waals surface area contributed by atoms with E-state index in [1.807, 2.05) is 6.92 Å². The predicted molar refractivity (Wildman–Crippen MR) is 87.0 cm³/mol. The number of fused-ring (bicyclic) bond motifs is 1. The summed E-state index contributed by atoms with van der Waals surface area (Å²) in [5, 5.41) is 3.33. The molecule has 0 unspecified atom stereocenters. The van der Waals surface area contributed by atoms with E-state index in [-0.39, 0.29) is 16.6 Å². The highest BCUT2D eigenvalue weighted by atomic mass is 32.1. The summed E-state index contributed by atoms with van der Waals surface area (Å²) in [5.41, 5.74) is -0.498. The first-order valence-corrected chi connectivity index (χ1v) is 7.49. The van der Waals surface area contributed by atoms with Crippen LogP contribution in [0.1, 0.15) is 15.2 Å². The van der Waals surface area contributed by atoms with E-state index in [1.165, 1.54) is 42.3 Å². The second-order valence-electron chi connectivity index (χ2n) is 5.03. The molecule has 3 aromatic rings. The van der Waals surface area contributed by atoms with Gasteiger partial charge in [-0.1, -0.05) is 0 Å². The molecule has 0 aromatic carbocycles. The first-order chi connectivity index (χ1) is 10.9. The van der Waals surface area contributed by atoms with Crippen LogP contribution in [-0.4, -0.2) is 25.0 Å². The normalized spacial score (nSPS) is 10.9. The second kappa shape index (κ2) is 5.43. The number of carbonyl (C=O) groups is 1. The van der Waals surface area contributed by atoms with Crippen molar-refractivity contribution in [1.82, 2.24) is 19.1 Å². The summed E-state index contributed by atoms with van der Waals surface area (Å²) in [5.74, 6) is -0.412. The van der Waals surface area contributed by atoms with Crippen LogP contribution in [-0.2, 0) is 14.1 Å². The standard InChI is InChI=1S/C14H13N5O3S/c1-7-5-16-13(23-7)17-11(20)8-4-9-10(15-6-8)18(2)14(22)19(3)12(9)21/h4-6H,1-3H3,(H,16,17,20). The Labute approximate surface area is 134 Å². The molecule has 0 bridgehead atoms. The SMILES string of the molecule is Cc1cnc(NC(=O)c2cnc3c(c2)c(=O)n(C)c(=O)n3C)s1. The zero-order valence-electron chi connectivity index (χ0n) is 12.7. The Morgan fingerprint density at radius 1 is 1.17 bits per heavy atom. The summed E-state index contributed by atoms with van der Waals surface area (Å²) in [6, 6.07) is 1.43. The second-order valence-corrected chi connectivity index (χ2v) is 6.27. The lowest BCUT2D eigenvalue weighted by Crippen LogP contribution is -2.37. The predicted octanol–water partition coefficient (Wildman–Crippen LogP) is 0.649. The Balaban J connectivity index is 2.08. The van der Waals surface area contributed by atoms with Crippen LogP contribution in [0.15, 0.2) is 28.0 Å². The van der Waals surface area contributed by atoms with Gasteiger partial charge < -0.3 is 0 Å². The van der Waals surface area contributed by atoms with E-state index in [2.05, 4.69) is 15.3 Å². The first kappa shape index (κ1) is 15.1. The van der Waals surface area contributed by atoms with Gasteiger partial charge in [0.05, 0.1) is 10.9 Å². The van der Waals surface area contributed by atoms with Crippen molar-refractivity contribution in [2.24, 2.45) is 14.1 Å². The minimum Gasteiger partial charge on any atom is -0.298 e. The molecule has 1 amide bonds. The maximum atomic E-state index is 12.3. The molecule has 3 heterocycles. The molecule has 0 saturated heterocycles. The number of aromatic nitrogens is 4. The largest absolute Gasteiger partial charge is 0.332 e. The number of carbonyl (C=O) groups excluding carboxylic acids is 1. The van der Waals surface area contributed by atoms with Crippen LogP contribution < -0.4 is 16.6 Å². The van der Waals surface area contributed by atoms with Gasteiger partial charge in [-0.2, -0.15) is 0 Å². The van der Waals surface area contributed by atoms with Crippen molar-refractivity contribution < 1.29 is 4.79 Å². The van der Waals surface area contributed by atoms with Gasteiger partial charge in [-0.15, -0.1) is 11.3 Å². The quantitative estimate of drug-likeness (QED) is 0.743. The third-order valence-electron chi connectivity index (χ3n) is 3.40. The van der Waals surface area contributed by atoms with Crippen LogP contribution in [0, 0.1) is 6.92 Å². The van der Waals surface area contributed by atoms with Crippen LogP contribution in [0.4, 0.5) is 5.13 Å². The minimum atomic E-state index is -0.490. The van der Waals surface area contributed by atoms with Crippen molar-refractivity contribution in [2.75, 3.05) is 5.32 Å². The fourth-order valence-corrected chi connectivity index (χ4v) is 2.83. The van der Waals surface area contributed by atoms with Gasteiger partial charge in [0.2, 0.25) is 0 Å². The number of pyridine rings is 1. The number of nitrogens with zero attached hydrogens (tertiary/aromatic N) is 4. The highest BCUT2D eigenvalue weighted by molar-refractivity contribution is 7.15. The van der Waals surface area contributed by atoms with Crippen LogP contribution in [0.25, 0.3) is 11.0 Å². The average molecular weight is 331 g/mol. The lowest BCUT2D eigenvalue weighted by molar-refractivity contribution is 0.102. The first-order valence-electron chi connectivity index (χ1n) is 6.68. The van der Waals surface area contributed by atoms with Gasteiger partial charge in [-0.05, 0) is 13.0 Å². The van der Waals surface area contributed by atoms with Crippen molar-refractivity contribution in [3.63, 3.8) is 0 Å². The smallest absolute Gasteiger partial charge is 0.298 e. The Morgan fingerprint density at radius 3 is 2.57 bits per heavy atom. The van der Waals surface area contributed by atoms with Gasteiger partial charge >= 0.3 is 5.69 Å². The Morgan fingerprint density at radius 2 is 1.91 bits per heavy atom. The lowest BCUT2D eigenvalue weighted by atomic mass is 10.2. The monoisotopic (exact) mass is 331 g/mol. The molecule has 3 aromatic heterocycles. The minimum absolute atomic E-state index is 0.206. The molecule has 0 fully saturated rings. The van der Waals surface area contributed by atoms with Crippen molar-refractivity contribution in [2.45, 2.75) is 6.92 Å². The van der Waals surface area contributed by atoms with Crippen molar-refractivity contribution >= 4 is 33.4 Å². The molecule has 0 saturated carbocycles. The Bertz CT molecular complexity index is 1050. The van der Waals surface area contributed by atoms with Gasteiger partial charge in [0.25, 0.3) is 11.5 Å². The molecular weight excluding hydrogens is 318 g/mol. The van der Waals surface area contributed by atoms with Crippen LogP contribution in [0.2, 0.25) is 0 Å². The Kier molecular flexibility index (Phi) is 3.57. The van der Waals surface area contributed by atoms with E-state index >= 15 is 0 Å². The van der Waals surface area contributed by atoms with Crippen molar-refractivity contribution in [1.29, 1.82) is 0 Å². The average Bonchev–Trinajstić information content (AvgIpc) is 2.95. The van der Waals surface area contributed by atoms with E-state index in [1.54, 1.807) is 6.20 Å². The summed E-state index contributed by atoms with van der Waals surface area (Å²) < 4.78 is 2.25. The van der Waals surface area contributed by atoms with Crippen LogP contribution in [0.5, 0.6) is 0 Å². The summed E-state index contributed by atoms with van der Waals surface area (Å²) in [6.07, 6.45) is 2.99. The van der Waals surface area contributed by atoms with Gasteiger partial charge in [0.1, 0.15) is 5.65 Å². The zero-order chi connectivity index (χ0) is 16.7. The molecule has 1 N–H and O–H groups in total. The van der Waals surface area contributed by atoms with Gasteiger partial charge in [-0.25, -0.2) is 14.8 Å². The summed E-state index contributed by atoms with van der Waals surface area (Å²) in [6.45, 7) is 1.88. The topological polar surface area (TPSA) is 98.9 Å². The van der Waals surface area contributed by atoms with E-state index in [4.69, 9.17) is 0 Å². The van der Waals surface area contributed by atoms with E-state index in [0.29, 0.717) is 5.13 Å². The highest BCUT2D eigenvalue weighted by Gasteiger charge is 2.14. The molecule has 0 spiro atoms.